The summed E-state index contributed by atoms with van der Waals surface area (Å²) in [6.45, 7) is 0.0317. The molecular formula is C12H14N2O5S. The molecule has 0 radical (unpaired) electrons. The van der Waals surface area contributed by atoms with Crippen molar-refractivity contribution in [2.45, 2.75) is 0 Å². The summed E-state index contributed by atoms with van der Waals surface area (Å²) >= 11 is 0. The number of para-hydroxylation sites is 1. The molecule has 1 aromatic heterocycles. The van der Waals surface area contributed by atoms with Crippen LogP contribution < -0.4 is 0 Å². The first-order valence-electron chi connectivity index (χ1n) is 5.83. The lowest BCUT2D eigenvalue weighted by Crippen LogP contribution is -2.31. The number of carbonyl (C=O) groups is 1. The molecule has 2 aromatic rings. The van der Waals surface area contributed by atoms with Crippen LogP contribution in [0.3, 0.4) is 0 Å². The van der Waals surface area contributed by atoms with Gasteiger partial charge in [-0.05, 0) is 12.1 Å². The Morgan fingerprint density at radius 2 is 2.10 bits per heavy atom. The van der Waals surface area contributed by atoms with Crippen molar-refractivity contribution in [2.75, 3.05) is 26.5 Å². The van der Waals surface area contributed by atoms with Gasteiger partial charge in [0.05, 0.1) is 18.2 Å². The Kier molecular flexibility index (Phi) is 4.05. The van der Waals surface area contributed by atoms with Crippen LogP contribution in [0.5, 0.6) is 0 Å². The monoisotopic (exact) mass is 298 g/mol. The number of hydrogen-bond acceptors (Lipinski definition) is 6. The largest absolute Gasteiger partial charge is 0.355 e. The van der Waals surface area contributed by atoms with Crippen molar-refractivity contribution < 1.29 is 21.9 Å². The summed E-state index contributed by atoms with van der Waals surface area (Å²) in [5.74, 6) is -0.355. The Balaban J connectivity index is 2.07. The summed E-state index contributed by atoms with van der Waals surface area (Å²) < 4.78 is 31.3. The lowest BCUT2D eigenvalue weighted by molar-refractivity contribution is 0.0766. The fourth-order valence-corrected chi connectivity index (χ4v) is 2.03. The standard InChI is InChI=1S/C12H14N2O5S/c1-14(7-8-18-20(2,16)17)12(15)11-9-5-3-4-6-10(9)19-13-11/h3-6H,7-8H2,1-2H3. The number of rotatable bonds is 5. The van der Waals surface area contributed by atoms with E-state index in [-0.39, 0.29) is 24.8 Å². The number of amides is 1. The van der Waals surface area contributed by atoms with Gasteiger partial charge in [0, 0.05) is 13.6 Å². The van der Waals surface area contributed by atoms with E-state index in [1.165, 1.54) is 11.9 Å². The van der Waals surface area contributed by atoms with Crippen LogP contribution in [0.25, 0.3) is 11.0 Å². The van der Waals surface area contributed by atoms with Crippen molar-refractivity contribution in [3.63, 3.8) is 0 Å². The number of likely N-dealkylation sites (N-methyl/N-ethyl adjacent to an activating group) is 1. The summed E-state index contributed by atoms with van der Waals surface area (Å²) in [4.78, 5) is 13.5. The van der Waals surface area contributed by atoms with E-state index >= 15 is 0 Å². The number of hydrogen-bond donors (Lipinski definition) is 0. The molecule has 0 saturated heterocycles. The lowest BCUT2D eigenvalue weighted by Gasteiger charge is -2.15. The maximum atomic E-state index is 12.2. The van der Waals surface area contributed by atoms with Gasteiger partial charge in [-0.3, -0.25) is 8.98 Å². The molecule has 0 saturated carbocycles. The molecule has 0 unspecified atom stereocenters. The maximum absolute atomic E-state index is 12.2. The molecule has 7 nitrogen and oxygen atoms in total. The highest BCUT2D eigenvalue weighted by molar-refractivity contribution is 7.85. The van der Waals surface area contributed by atoms with Crippen molar-refractivity contribution in [3.05, 3.63) is 30.0 Å². The predicted molar refractivity (Wildman–Crippen MR) is 71.8 cm³/mol. The van der Waals surface area contributed by atoms with E-state index in [1.807, 2.05) is 0 Å². The fourth-order valence-electron chi connectivity index (χ4n) is 1.65. The highest BCUT2D eigenvalue weighted by atomic mass is 32.2. The van der Waals surface area contributed by atoms with Crippen molar-refractivity contribution in [1.82, 2.24) is 10.1 Å². The van der Waals surface area contributed by atoms with Crippen molar-refractivity contribution in [2.24, 2.45) is 0 Å². The van der Waals surface area contributed by atoms with Crippen molar-refractivity contribution >= 4 is 27.0 Å². The SMILES string of the molecule is CN(CCOS(C)(=O)=O)C(=O)c1noc2ccccc12. The Hall–Kier alpha value is -1.93. The molecule has 0 aliphatic rings. The van der Waals surface area contributed by atoms with Gasteiger partial charge in [-0.1, -0.05) is 17.3 Å². The minimum Gasteiger partial charge on any atom is -0.355 e. The van der Waals surface area contributed by atoms with Crippen LogP contribution >= 0.6 is 0 Å². The normalized spacial score (nSPS) is 11.7. The predicted octanol–water partition coefficient (Wildman–Crippen LogP) is 0.876. The molecule has 8 heteroatoms. The third kappa shape index (κ3) is 3.34. The molecule has 1 heterocycles. The Labute approximate surface area is 116 Å². The van der Waals surface area contributed by atoms with Crippen LogP contribution in [-0.4, -0.2) is 50.8 Å². The minimum absolute atomic E-state index is 0.100. The lowest BCUT2D eigenvalue weighted by atomic mass is 10.2. The molecule has 0 spiro atoms. The van der Waals surface area contributed by atoms with Gasteiger partial charge < -0.3 is 9.42 Å². The highest BCUT2D eigenvalue weighted by Crippen LogP contribution is 2.18. The van der Waals surface area contributed by atoms with E-state index in [0.717, 1.165) is 6.26 Å². The number of aromatic nitrogens is 1. The third-order valence-electron chi connectivity index (χ3n) is 2.65. The minimum atomic E-state index is -3.51. The Morgan fingerprint density at radius 3 is 2.80 bits per heavy atom. The molecule has 0 N–H and O–H groups in total. The molecule has 1 aromatic carbocycles. The van der Waals surface area contributed by atoms with E-state index in [1.54, 1.807) is 24.3 Å². The van der Waals surface area contributed by atoms with Crippen LogP contribution in [-0.2, 0) is 14.3 Å². The Morgan fingerprint density at radius 1 is 1.40 bits per heavy atom. The zero-order valence-electron chi connectivity index (χ0n) is 11.1. The molecular weight excluding hydrogens is 284 g/mol. The quantitative estimate of drug-likeness (QED) is 0.761. The van der Waals surface area contributed by atoms with Crippen LogP contribution in [0, 0.1) is 0 Å². The molecule has 20 heavy (non-hydrogen) atoms. The van der Waals surface area contributed by atoms with E-state index in [9.17, 15) is 13.2 Å². The number of carbonyl (C=O) groups excluding carboxylic acids is 1. The van der Waals surface area contributed by atoms with Gasteiger partial charge >= 0.3 is 0 Å². The van der Waals surface area contributed by atoms with Gasteiger partial charge in [-0.25, -0.2) is 0 Å². The van der Waals surface area contributed by atoms with Crippen molar-refractivity contribution in [1.29, 1.82) is 0 Å². The summed E-state index contributed by atoms with van der Waals surface area (Å²) in [6, 6.07) is 7.01. The second-order valence-corrected chi connectivity index (χ2v) is 5.92. The van der Waals surface area contributed by atoms with Crippen LogP contribution in [0.4, 0.5) is 0 Å². The summed E-state index contributed by atoms with van der Waals surface area (Å²) in [5.41, 5.74) is 0.721. The molecule has 0 bridgehead atoms. The maximum Gasteiger partial charge on any atom is 0.276 e. The summed E-state index contributed by atoms with van der Waals surface area (Å²) in [7, 11) is -1.97. The fraction of sp³-hybridized carbons (Fsp3) is 0.333. The zero-order chi connectivity index (χ0) is 14.8. The van der Waals surface area contributed by atoms with Crippen molar-refractivity contribution in [3.8, 4) is 0 Å². The Bertz CT molecular complexity index is 722. The first kappa shape index (κ1) is 14.5. The average molecular weight is 298 g/mol. The second kappa shape index (κ2) is 5.59. The van der Waals surface area contributed by atoms with Gasteiger partial charge in [0.15, 0.2) is 11.3 Å². The molecule has 2 rings (SSSR count). The molecule has 0 aliphatic heterocycles. The van der Waals surface area contributed by atoms with Crippen LogP contribution in [0.15, 0.2) is 28.8 Å². The molecule has 108 valence electrons. The van der Waals surface area contributed by atoms with E-state index < -0.39 is 10.1 Å². The van der Waals surface area contributed by atoms with Crippen LogP contribution in [0.2, 0.25) is 0 Å². The zero-order valence-corrected chi connectivity index (χ0v) is 11.9. The summed E-state index contributed by atoms with van der Waals surface area (Å²) in [5, 5.41) is 4.37. The third-order valence-corrected chi connectivity index (χ3v) is 3.25. The van der Waals surface area contributed by atoms with Gasteiger partial charge in [0.25, 0.3) is 16.0 Å². The number of nitrogens with zero attached hydrogens (tertiary/aromatic N) is 2. The molecule has 1 amide bonds. The number of benzene rings is 1. The first-order chi connectivity index (χ1) is 9.38. The second-order valence-electron chi connectivity index (χ2n) is 4.28. The van der Waals surface area contributed by atoms with E-state index in [2.05, 4.69) is 9.34 Å². The first-order valence-corrected chi connectivity index (χ1v) is 7.64. The summed E-state index contributed by atoms with van der Waals surface area (Å²) in [6.07, 6.45) is 0.958. The average Bonchev–Trinajstić information content (AvgIpc) is 2.80. The van der Waals surface area contributed by atoms with Gasteiger partial charge in [0.1, 0.15) is 0 Å². The van der Waals surface area contributed by atoms with Gasteiger partial charge in [-0.2, -0.15) is 8.42 Å². The smallest absolute Gasteiger partial charge is 0.276 e. The van der Waals surface area contributed by atoms with Gasteiger partial charge in [0.2, 0.25) is 0 Å². The van der Waals surface area contributed by atoms with E-state index in [4.69, 9.17) is 4.52 Å². The molecule has 0 fully saturated rings. The molecule has 0 atom stereocenters. The number of fused-ring (bicyclic) bond motifs is 1. The van der Waals surface area contributed by atoms with Gasteiger partial charge in [-0.15, -0.1) is 0 Å². The van der Waals surface area contributed by atoms with E-state index in [0.29, 0.717) is 11.0 Å². The highest BCUT2D eigenvalue weighted by Gasteiger charge is 2.19. The van der Waals surface area contributed by atoms with Crippen LogP contribution in [0.1, 0.15) is 10.5 Å². The molecule has 0 aliphatic carbocycles. The topological polar surface area (TPSA) is 89.7 Å².